The molecular formula is C16H10N2O2. The van der Waals surface area contributed by atoms with Crippen LogP contribution in [0.5, 0.6) is 0 Å². The standard InChI is InChI=1S/C16H10N2O2/c17-10-13-11-18(15-9-5-4-8-14(13)15)20-16(19)12-6-2-1-3-7-12/h1-9,11H. The van der Waals surface area contributed by atoms with Crippen molar-refractivity contribution >= 4 is 16.9 Å². The van der Waals surface area contributed by atoms with Crippen LogP contribution in [0.4, 0.5) is 0 Å². The maximum Gasteiger partial charge on any atom is 0.363 e. The van der Waals surface area contributed by atoms with Crippen molar-refractivity contribution in [3.63, 3.8) is 0 Å². The van der Waals surface area contributed by atoms with Gasteiger partial charge in [0.25, 0.3) is 0 Å². The zero-order valence-electron chi connectivity index (χ0n) is 10.5. The zero-order valence-corrected chi connectivity index (χ0v) is 10.5. The summed E-state index contributed by atoms with van der Waals surface area (Å²) < 4.78 is 1.34. The van der Waals surface area contributed by atoms with Crippen molar-refractivity contribution in [3.8, 4) is 6.07 Å². The molecule has 0 saturated carbocycles. The normalized spacial score (nSPS) is 10.2. The third-order valence-corrected chi connectivity index (χ3v) is 2.99. The molecule has 0 fully saturated rings. The number of carbonyl (C=O) groups is 1. The van der Waals surface area contributed by atoms with E-state index in [9.17, 15) is 4.79 Å². The topological polar surface area (TPSA) is 55.0 Å². The number of para-hydroxylation sites is 1. The fourth-order valence-electron chi connectivity index (χ4n) is 2.03. The van der Waals surface area contributed by atoms with E-state index in [1.165, 1.54) is 10.9 Å². The van der Waals surface area contributed by atoms with Crippen LogP contribution in [0.1, 0.15) is 15.9 Å². The molecule has 1 aromatic heterocycles. The summed E-state index contributed by atoms with van der Waals surface area (Å²) in [6.45, 7) is 0. The van der Waals surface area contributed by atoms with E-state index >= 15 is 0 Å². The molecule has 3 aromatic rings. The summed E-state index contributed by atoms with van der Waals surface area (Å²) in [4.78, 5) is 17.4. The summed E-state index contributed by atoms with van der Waals surface area (Å²) in [6, 6.07) is 18.1. The Kier molecular flexibility index (Phi) is 2.94. The molecule has 4 heteroatoms. The van der Waals surface area contributed by atoms with Gasteiger partial charge < -0.3 is 4.84 Å². The van der Waals surface area contributed by atoms with E-state index in [4.69, 9.17) is 10.1 Å². The van der Waals surface area contributed by atoms with Crippen LogP contribution >= 0.6 is 0 Å². The SMILES string of the molecule is N#Cc1cn(OC(=O)c2ccccc2)c2ccccc12. The van der Waals surface area contributed by atoms with Crippen molar-refractivity contribution < 1.29 is 9.63 Å². The maximum absolute atomic E-state index is 12.0. The van der Waals surface area contributed by atoms with Gasteiger partial charge in [-0.2, -0.15) is 9.99 Å². The molecule has 0 saturated heterocycles. The van der Waals surface area contributed by atoms with Crippen LogP contribution in [0.2, 0.25) is 0 Å². The summed E-state index contributed by atoms with van der Waals surface area (Å²) in [5.41, 5.74) is 1.62. The Morgan fingerprint density at radius 1 is 1.05 bits per heavy atom. The number of nitrogens with zero attached hydrogens (tertiary/aromatic N) is 2. The lowest BCUT2D eigenvalue weighted by molar-refractivity contribution is 0.0482. The second kappa shape index (κ2) is 4.90. The van der Waals surface area contributed by atoms with E-state index < -0.39 is 5.97 Å². The summed E-state index contributed by atoms with van der Waals surface area (Å²) in [7, 11) is 0. The van der Waals surface area contributed by atoms with Crippen molar-refractivity contribution in [2.45, 2.75) is 0 Å². The van der Waals surface area contributed by atoms with E-state index in [-0.39, 0.29) is 0 Å². The van der Waals surface area contributed by atoms with Crippen molar-refractivity contribution in [1.82, 2.24) is 4.73 Å². The fourth-order valence-corrected chi connectivity index (χ4v) is 2.03. The Labute approximate surface area is 115 Å². The predicted octanol–water partition coefficient (Wildman–Crippen LogP) is 2.78. The highest BCUT2D eigenvalue weighted by molar-refractivity contribution is 5.91. The Balaban J connectivity index is 2.00. The number of carbonyl (C=O) groups excluding carboxylic acids is 1. The second-order valence-corrected chi connectivity index (χ2v) is 4.24. The van der Waals surface area contributed by atoms with Crippen LogP contribution in [0.3, 0.4) is 0 Å². The summed E-state index contributed by atoms with van der Waals surface area (Å²) in [5, 5.41) is 9.86. The molecule has 0 unspecified atom stereocenters. The molecule has 96 valence electrons. The Morgan fingerprint density at radius 2 is 1.75 bits per heavy atom. The average Bonchev–Trinajstić information content (AvgIpc) is 2.86. The molecule has 0 N–H and O–H groups in total. The van der Waals surface area contributed by atoms with E-state index in [1.807, 2.05) is 24.3 Å². The Hall–Kier alpha value is -3.06. The van der Waals surface area contributed by atoms with Gasteiger partial charge in [0.05, 0.1) is 22.8 Å². The lowest BCUT2D eigenvalue weighted by Crippen LogP contribution is -2.18. The highest BCUT2D eigenvalue weighted by Crippen LogP contribution is 2.19. The van der Waals surface area contributed by atoms with E-state index in [0.29, 0.717) is 16.6 Å². The first kappa shape index (κ1) is 12.0. The van der Waals surface area contributed by atoms with Gasteiger partial charge in [0.1, 0.15) is 6.07 Å². The van der Waals surface area contributed by atoms with E-state index in [0.717, 1.165) is 5.39 Å². The highest BCUT2D eigenvalue weighted by Gasteiger charge is 2.12. The third-order valence-electron chi connectivity index (χ3n) is 2.99. The number of nitriles is 1. The Bertz CT molecular complexity index is 813. The number of rotatable bonds is 2. The van der Waals surface area contributed by atoms with Crippen molar-refractivity contribution in [3.05, 3.63) is 71.9 Å². The predicted molar refractivity (Wildman–Crippen MR) is 74.0 cm³/mol. The molecule has 4 nitrogen and oxygen atoms in total. The van der Waals surface area contributed by atoms with Crippen LogP contribution < -0.4 is 4.84 Å². The lowest BCUT2D eigenvalue weighted by atomic mass is 10.2. The molecule has 0 atom stereocenters. The van der Waals surface area contributed by atoms with E-state index in [2.05, 4.69) is 6.07 Å². The van der Waals surface area contributed by atoms with Crippen molar-refractivity contribution in [1.29, 1.82) is 5.26 Å². The number of aromatic nitrogens is 1. The zero-order chi connectivity index (χ0) is 13.9. The molecule has 0 amide bonds. The van der Waals surface area contributed by atoms with Gasteiger partial charge in [0.15, 0.2) is 0 Å². The smallest absolute Gasteiger partial charge is 0.331 e. The van der Waals surface area contributed by atoms with Gasteiger partial charge in [-0.1, -0.05) is 36.4 Å². The number of hydrogen-bond acceptors (Lipinski definition) is 3. The Morgan fingerprint density at radius 3 is 2.50 bits per heavy atom. The number of fused-ring (bicyclic) bond motifs is 1. The van der Waals surface area contributed by atoms with Crippen LogP contribution in [0.25, 0.3) is 10.9 Å². The van der Waals surface area contributed by atoms with Crippen LogP contribution in [0.15, 0.2) is 60.8 Å². The van der Waals surface area contributed by atoms with Gasteiger partial charge >= 0.3 is 5.97 Å². The average molecular weight is 262 g/mol. The summed E-state index contributed by atoms with van der Waals surface area (Å²) in [5.74, 6) is -0.462. The quantitative estimate of drug-likeness (QED) is 0.713. The lowest BCUT2D eigenvalue weighted by Gasteiger charge is -2.05. The monoisotopic (exact) mass is 262 g/mol. The fraction of sp³-hybridized carbons (Fsp3) is 0. The molecule has 0 aliphatic rings. The van der Waals surface area contributed by atoms with Gasteiger partial charge in [0, 0.05) is 5.39 Å². The molecule has 0 bridgehead atoms. The molecule has 20 heavy (non-hydrogen) atoms. The van der Waals surface area contributed by atoms with Crippen LogP contribution in [-0.4, -0.2) is 10.7 Å². The molecule has 1 heterocycles. The van der Waals surface area contributed by atoms with Gasteiger partial charge in [-0.05, 0) is 18.2 Å². The second-order valence-electron chi connectivity index (χ2n) is 4.24. The van der Waals surface area contributed by atoms with Crippen LogP contribution in [-0.2, 0) is 0 Å². The molecule has 0 aliphatic heterocycles. The minimum Gasteiger partial charge on any atom is -0.331 e. The first-order valence-corrected chi connectivity index (χ1v) is 6.07. The molecule has 2 aromatic carbocycles. The molecule has 0 aliphatic carbocycles. The minimum atomic E-state index is -0.462. The molecule has 3 rings (SSSR count). The van der Waals surface area contributed by atoms with E-state index in [1.54, 1.807) is 30.3 Å². The third kappa shape index (κ3) is 2.02. The number of hydrogen-bond donors (Lipinski definition) is 0. The van der Waals surface area contributed by atoms with Gasteiger partial charge in [-0.15, -0.1) is 0 Å². The van der Waals surface area contributed by atoms with Gasteiger partial charge in [0.2, 0.25) is 0 Å². The summed E-state index contributed by atoms with van der Waals surface area (Å²) in [6.07, 6.45) is 1.52. The molecule has 0 radical (unpaired) electrons. The van der Waals surface area contributed by atoms with Gasteiger partial charge in [-0.25, -0.2) is 4.79 Å². The van der Waals surface area contributed by atoms with Gasteiger partial charge in [-0.3, -0.25) is 0 Å². The minimum absolute atomic E-state index is 0.462. The number of benzene rings is 2. The maximum atomic E-state index is 12.0. The first-order valence-electron chi connectivity index (χ1n) is 6.07. The largest absolute Gasteiger partial charge is 0.363 e. The van der Waals surface area contributed by atoms with Crippen molar-refractivity contribution in [2.24, 2.45) is 0 Å². The van der Waals surface area contributed by atoms with Crippen LogP contribution in [0, 0.1) is 11.3 Å². The van der Waals surface area contributed by atoms with Crippen molar-refractivity contribution in [2.75, 3.05) is 0 Å². The first-order chi connectivity index (χ1) is 9.79. The molecule has 0 spiro atoms. The summed E-state index contributed by atoms with van der Waals surface area (Å²) >= 11 is 0. The highest BCUT2D eigenvalue weighted by atomic mass is 16.7. The molecular weight excluding hydrogens is 252 g/mol.